The van der Waals surface area contributed by atoms with Gasteiger partial charge in [0.15, 0.2) is 11.8 Å². The summed E-state index contributed by atoms with van der Waals surface area (Å²) in [6, 6.07) is 5.72. The van der Waals surface area contributed by atoms with Gasteiger partial charge >= 0.3 is 0 Å². The standard InChI is InChI=1S/C9H8ClNO2/c1-6(11-13)9(12)7-4-2-3-5-8(7)10/h2-6H,1H3. The molecular formula is C9H8ClNO2. The van der Waals surface area contributed by atoms with Gasteiger partial charge in [-0.1, -0.05) is 28.9 Å². The van der Waals surface area contributed by atoms with Crippen molar-refractivity contribution in [3.05, 3.63) is 39.8 Å². The van der Waals surface area contributed by atoms with Crippen molar-refractivity contribution in [1.29, 1.82) is 0 Å². The largest absolute Gasteiger partial charge is 0.292 e. The Kier molecular flexibility index (Phi) is 3.14. The minimum atomic E-state index is -0.875. The van der Waals surface area contributed by atoms with Crippen molar-refractivity contribution in [2.24, 2.45) is 5.18 Å². The Morgan fingerprint density at radius 1 is 1.46 bits per heavy atom. The van der Waals surface area contributed by atoms with Crippen LogP contribution in [0.15, 0.2) is 29.4 Å². The first kappa shape index (κ1) is 9.86. The highest BCUT2D eigenvalue weighted by Gasteiger charge is 2.17. The lowest BCUT2D eigenvalue weighted by atomic mass is 10.1. The minimum Gasteiger partial charge on any atom is -0.292 e. The Bertz CT molecular complexity index is 338. The zero-order chi connectivity index (χ0) is 9.84. The fraction of sp³-hybridized carbons (Fsp3) is 0.222. The van der Waals surface area contributed by atoms with Gasteiger partial charge in [-0.05, 0) is 19.1 Å². The number of benzene rings is 1. The maximum atomic E-state index is 11.4. The number of nitroso groups, excluding NO2 is 1. The highest BCUT2D eigenvalue weighted by Crippen LogP contribution is 2.17. The third-order valence-electron chi connectivity index (χ3n) is 1.68. The number of carbonyl (C=O) groups excluding carboxylic acids is 1. The lowest BCUT2D eigenvalue weighted by Gasteiger charge is -2.03. The average Bonchev–Trinajstić information content (AvgIpc) is 2.16. The topological polar surface area (TPSA) is 46.5 Å². The Labute approximate surface area is 80.7 Å². The smallest absolute Gasteiger partial charge is 0.192 e. The second-order valence-electron chi connectivity index (χ2n) is 2.63. The molecule has 0 aliphatic heterocycles. The minimum absolute atomic E-state index is 0.344. The normalized spacial score (nSPS) is 12.2. The molecule has 3 nitrogen and oxygen atoms in total. The summed E-state index contributed by atoms with van der Waals surface area (Å²) in [7, 11) is 0. The van der Waals surface area contributed by atoms with Crippen LogP contribution in [-0.4, -0.2) is 11.8 Å². The van der Waals surface area contributed by atoms with E-state index in [0.717, 1.165) is 0 Å². The quantitative estimate of drug-likeness (QED) is 0.553. The third-order valence-corrected chi connectivity index (χ3v) is 2.01. The maximum Gasteiger partial charge on any atom is 0.192 e. The molecule has 1 rings (SSSR count). The summed E-state index contributed by atoms with van der Waals surface area (Å²) in [6.45, 7) is 1.44. The monoisotopic (exact) mass is 197 g/mol. The lowest BCUT2D eigenvalue weighted by Crippen LogP contribution is -2.14. The fourth-order valence-electron chi connectivity index (χ4n) is 0.934. The zero-order valence-electron chi connectivity index (χ0n) is 7.03. The van der Waals surface area contributed by atoms with Crippen LogP contribution in [0.2, 0.25) is 5.02 Å². The summed E-state index contributed by atoms with van der Waals surface area (Å²) >= 11 is 5.76. The summed E-state index contributed by atoms with van der Waals surface area (Å²) in [5, 5.41) is 3.00. The summed E-state index contributed by atoms with van der Waals surface area (Å²) in [5.74, 6) is -0.347. The van der Waals surface area contributed by atoms with E-state index in [1.807, 2.05) is 0 Å². The molecule has 0 saturated heterocycles. The molecule has 0 heterocycles. The Hall–Kier alpha value is -1.22. The Morgan fingerprint density at radius 2 is 2.08 bits per heavy atom. The highest BCUT2D eigenvalue weighted by molar-refractivity contribution is 6.34. The van der Waals surface area contributed by atoms with Crippen molar-refractivity contribution >= 4 is 17.4 Å². The van der Waals surface area contributed by atoms with Crippen LogP contribution in [-0.2, 0) is 0 Å². The third kappa shape index (κ3) is 2.12. The van der Waals surface area contributed by atoms with Crippen LogP contribution in [0.4, 0.5) is 0 Å². The van der Waals surface area contributed by atoms with Crippen LogP contribution in [0.1, 0.15) is 17.3 Å². The molecule has 0 N–H and O–H groups in total. The Morgan fingerprint density at radius 3 is 2.62 bits per heavy atom. The number of ketones is 1. The van der Waals surface area contributed by atoms with Crippen molar-refractivity contribution in [1.82, 2.24) is 0 Å². The summed E-state index contributed by atoms with van der Waals surface area (Å²) in [6.07, 6.45) is 0. The van der Waals surface area contributed by atoms with Crippen molar-refractivity contribution < 1.29 is 4.79 Å². The second kappa shape index (κ2) is 4.14. The fourth-order valence-corrected chi connectivity index (χ4v) is 1.16. The number of rotatable bonds is 3. The van der Waals surface area contributed by atoms with Crippen molar-refractivity contribution in [2.75, 3.05) is 0 Å². The number of halogens is 1. The maximum absolute atomic E-state index is 11.4. The van der Waals surface area contributed by atoms with Gasteiger partial charge in [0.1, 0.15) is 0 Å². The first-order valence-corrected chi connectivity index (χ1v) is 4.16. The van der Waals surface area contributed by atoms with E-state index in [4.69, 9.17) is 11.6 Å². The number of carbonyl (C=O) groups is 1. The van der Waals surface area contributed by atoms with E-state index in [9.17, 15) is 9.70 Å². The van der Waals surface area contributed by atoms with Crippen LogP contribution in [0.25, 0.3) is 0 Å². The van der Waals surface area contributed by atoms with Gasteiger partial charge in [-0.2, -0.15) is 4.91 Å². The number of hydrogen-bond acceptors (Lipinski definition) is 3. The second-order valence-corrected chi connectivity index (χ2v) is 3.03. The van der Waals surface area contributed by atoms with Gasteiger partial charge < -0.3 is 0 Å². The predicted octanol–water partition coefficient (Wildman–Crippen LogP) is 2.68. The summed E-state index contributed by atoms with van der Waals surface area (Å²) < 4.78 is 0. The average molecular weight is 198 g/mol. The van der Waals surface area contributed by atoms with Crippen LogP contribution in [0, 0.1) is 4.91 Å². The molecule has 0 aliphatic rings. The van der Waals surface area contributed by atoms with Gasteiger partial charge in [0.25, 0.3) is 0 Å². The zero-order valence-corrected chi connectivity index (χ0v) is 7.78. The van der Waals surface area contributed by atoms with Crippen LogP contribution in [0.3, 0.4) is 0 Å². The molecule has 4 heteroatoms. The first-order chi connectivity index (χ1) is 6.16. The predicted molar refractivity (Wildman–Crippen MR) is 51.0 cm³/mol. The molecule has 0 saturated carbocycles. The van der Waals surface area contributed by atoms with Gasteiger partial charge in [-0.15, -0.1) is 0 Å². The molecule has 1 aromatic rings. The lowest BCUT2D eigenvalue weighted by molar-refractivity contribution is 0.0968. The van der Waals surface area contributed by atoms with Crippen molar-refractivity contribution in [3.63, 3.8) is 0 Å². The van der Waals surface area contributed by atoms with Crippen LogP contribution >= 0.6 is 11.6 Å². The van der Waals surface area contributed by atoms with Crippen LogP contribution in [0.5, 0.6) is 0 Å². The van der Waals surface area contributed by atoms with Crippen molar-refractivity contribution in [2.45, 2.75) is 13.0 Å². The molecule has 0 aromatic heterocycles. The molecule has 1 atom stereocenters. The number of nitrogens with zero attached hydrogens (tertiary/aromatic N) is 1. The molecule has 13 heavy (non-hydrogen) atoms. The van der Waals surface area contributed by atoms with E-state index in [-0.39, 0.29) is 5.78 Å². The van der Waals surface area contributed by atoms with E-state index in [0.29, 0.717) is 10.6 Å². The SMILES string of the molecule is CC(N=O)C(=O)c1ccccc1Cl. The first-order valence-electron chi connectivity index (χ1n) is 3.78. The van der Waals surface area contributed by atoms with Gasteiger partial charge in [-0.3, -0.25) is 4.79 Å². The molecule has 0 amide bonds. The van der Waals surface area contributed by atoms with E-state index >= 15 is 0 Å². The molecule has 68 valence electrons. The van der Waals surface area contributed by atoms with Gasteiger partial charge in [0.05, 0.1) is 5.02 Å². The van der Waals surface area contributed by atoms with Gasteiger partial charge in [-0.25, -0.2) is 0 Å². The van der Waals surface area contributed by atoms with E-state index in [1.165, 1.54) is 6.92 Å². The molecule has 0 spiro atoms. The van der Waals surface area contributed by atoms with E-state index in [2.05, 4.69) is 5.18 Å². The van der Waals surface area contributed by atoms with E-state index in [1.54, 1.807) is 24.3 Å². The Balaban J connectivity index is 3.02. The summed E-state index contributed by atoms with van der Waals surface area (Å²) in [4.78, 5) is 21.5. The molecule has 1 unspecified atom stereocenters. The molecule has 0 aliphatic carbocycles. The molecule has 0 bridgehead atoms. The highest BCUT2D eigenvalue weighted by atomic mass is 35.5. The molecular weight excluding hydrogens is 190 g/mol. The number of hydrogen-bond donors (Lipinski definition) is 0. The van der Waals surface area contributed by atoms with Gasteiger partial charge in [0.2, 0.25) is 0 Å². The molecule has 0 radical (unpaired) electrons. The van der Waals surface area contributed by atoms with E-state index < -0.39 is 6.04 Å². The molecule has 1 aromatic carbocycles. The number of Topliss-reactive ketones (excluding diaryl/α,β-unsaturated/α-hetero) is 1. The summed E-state index contributed by atoms with van der Waals surface area (Å²) in [5.41, 5.74) is 0.344. The molecule has 0 fully saturated rings. The van der Waals surface area contributed by atoms with Crippen molar-refractivity contribution in [3.8, 4) is 0 Å². The van der Waals surface area contributed by atoms with Crippen LogP contribution < -0.4 is 0 Å². The van der Waals surface area contributed by atoms with Gasteiger partial charge in [0, 0.05) is 5.56 Å².